The molecule has 2 heterocycles. The van der Waals surface area contributed by atoms with E-state index in [0.717, 1.165) is 41.8 Å². The maximum atomic E-state index is 13.8. The Morgan fingerprint density at radius 1 is 1.15 bits per heavy atom. The van der Waals surface area contributed by atoms with Crippen molar-refractivity contribution in [2.45, 2.75) is 18.2 Å². The van der Waals surface area contributed by atoms with Crippen LogP contribution in [0.4, 0.5) is 5.13 Å². The number of carbonyl (C=O) groups is 1. The number of aromatic nitrogens is 1. The first-order valence-corrected chi connectivity index (χ1v) is 15.4. The molecule has 1 amide bonds. The van der Waals surface area contributed by atoms with Crippen LogP contribution in [0.15, 0.2) is 66.6 Å². The van der Waals surface area contributed by atoms with E-state index in [1.54, 1.807) is 17.0 Å². The predicted octanol–water partition coefficient (Wildman–Crippen LogP) is 4.99. The van der Waals surface area contributed by atoms with Crippen LogP contribution in [0.2, 0.25) is 5.02 Å². The number of ether oxygens (including phenoxy) is 1. The summed E-state index contributed by atoms with van der Waals surface area (Å²) >= 11 is 7.69. The Hall–Kier alpha value is -2.60. The van der Waals surface area contributed by atoms with E-state index < -0.39 is 10.0 Å². The van der Waals surface area contributed by atoms with Gasteiger partial charge >= 0.3 is 0 Å². The summed E-state index contributed by atoms with van der Waals surface area (Å²) in [6.07, 6.45) is 3.81. The lowest BCUT2D eigenvalue weighted by molar-refractivity contribution is 0.0376. The molecule has 0 bridgehead atoms. The Morgan fingerprint density at radius 3 is 2.46 bits per heavy atom. The van der Waals surface area contributed by atoms with E-state index >= 15 is 0 Å². The van der Waals surface area contributed by atoms with Crippen LogP contribution in [0.5, 0.6) is 0 Å². The van der Waals surface area contributed by atoms with Crippen molar-refractivity contribution in [3.63, 3.8) is 0 Å². The molecule has 2 aromatic carbocycles. The second-order valence-electron chi connectivity index (χ2n) is 9.25. The van der Waals surface area contributed by atoms with Gasteiger partial charge in [0.25, 0.3) is 5.91 Å². The minimum absolute atomic E-state index is 0.104. The van der Waals surface area contributed by atoms with Gasteiger partial charge in [0.2, 0.25) is 10.0 Å². The molecule has 1 saturated heterocycles. The van der Waals surface area contributed by atoms with Crippen molar-refractivity contribution in [3.05, 3.63) is 77.9 Å². The number of amides is 1. The molecule has 0 aliphatic carbocycles. The standard InChI is InChI=1S/C28H33ClN4O4S2/c1-4-11-32(12-5-2)39(35,36)24-9-7-22(8-10-24)27(34)33(14-6-13-31-15-17-37-18-16-31)28-30-26-21(3)19-23(29)20-25(26)38-28/h4-5,7-10,19-20H,1-2,6,11-18H2,3H3. The average Bonchev–Trinajstić information content (AvgIpc) is 3.35. The second kappa shape index (κ2) is 13.2. The van der Waals surface area contributed by atoms with E-state index in [1.807, 2.05) is 19.1 Å². The summed E-state index contributed by atoms with van der Waals surface area (Å²) in [6, 6.07) is 9.77. The van der Waals surface area contributed by atoms with E-state index in [9.17, 15) is 13.2 Å². The minimum atomic E-state index is -3.77. The number of hydrogen-bond donors (Lipinski definition) is 0. The summed E-state index contributed by atoms with van der Waals surface area (Å²) in [7, 11) is -3.77. The molecule has 4 rings (SSSR count). The number of carbonyl (C=O) groups excluding carboxylic acids is 1. The molecule has 0 N–H and O–H groups in total. The highest BCUT2D eigenvalue weighted by atomic mass is 35.5. The number of hydrogen-bond acceptors (Lipinski definition) is 7. The van der Waals surface area contributed by atoms with Crippen molar-refractivity contribution in [2.24, 2.45) is 0 Å². The number of nitrogens with zero attached hydrogens (tertiary/aromatic N) is 4. The lowest BCUT2D eigenvalue weighted by Gasteiger charge is -2.27. The van der Waals surface area contributed by atoms with Gasteiger partial charge in [-0.1, -0.05) is 35.1 Å². The van der Waals surface area contributed by atoms with Gasteiger partial charge in [0.05, 0.1) is 28.3 Å². The summed E-state index contributed by atoms with van der Waals surface area (Å²) in [5.41, 5.74) is 2.14. The molecule has 0 spiro atoms. The Balaban J connectivity index is 1.61. The van der Waals surface area contributed by atoms with Crippen LogP contribution in [0, 0.1) is 6.92 Å². The van der Waals surface area contributed by atoms with Crippen molar-refractivity contribution in [1.82, 2.24) is 14.2 Å². The Bertz CT molecular complexity index is 1420. The normalized spacial score (nSPS) is 14.5. The zero-order valence-corrected chi connectivity index (χ0v) is 24.4. The van der Waals surface area contributed by atoms with E-state index in [0.29, 0.717) is 35.5 Å². The number of anilines is 1. The lowest BCUT2D eigenvalue weighted by atomic mass is 10.2. The number of morpholine rings is 1. The first kappa shape index (κ1) is 29.4. The molecule has 1 aliphatic heterocycles. The molecule has 11 heteroatoms. The third-order valence-electron chi connectivity index (χ3n) is 6.48. The molecule has 3 aromatic rings. The molecule has 0 atom stereocenters. The molecular formula is C28H33ClN4O4S2. The number of aryl methyl sites for hydroxylation is 1. The fourth-order valence-corrected chi connectivity index (χ4v) is 7.28. The molecule has 39 heavy (non-hydrogen) atoms. The van der Waals surface area contributed by atoms with Crippen LogP contribution in [-0.2, 0) is 14.8 Å². The average molecular weight is 589 g/mol. The van der Waals surface area contributed by atoms with Gasteiger partial charge < -0.3 is 4.74 Å². The zero-order chi connectivity index (χ0) is 28.0. The molecule has 0 unspecified atom stereocenters. The summed E-state index contributed by atoms with van der Waals surface area (Å²) in [4.78, 5) is 22.7. The van der Waals surface area contributed by atoms with Gasteiger partial charge in [-0.25, -0.2) is 13.4 Å². The van der Waals surface area contributed by atoms with E-state index in [-0.39, 0.29) is 23.9 Å². The van der Waals surface area contributed by atoms with Crippen LogP contribution in [0.3, 0.4) is 0 Å². The van der Waals surface area contributed by atoms with Crippen molar-refractivity contribution >= 4 is 54.2 Å². The topological polar surface area (TPSA) is 83.1 Å². The number of benzene rings is 2. The van der Waals surface area contributed by atoms with Crippen molar-refractivity contribution in [2.75, 3.05) is 57.4 Å². The predicted molar refractivity (Wildman–Crippen MR) is 159 cm³/mol. The molecule has 1 aromatic heterocycles. The van der Waals surface area contributed by atoms with Gasteiger partial charge in [0.1, 0.15) is 0 Å². The van der Waals surface area contributed by atoms with Crippen LogP contribution in [-0.4, -0.2) is 81.0 Å². The number of halogens is 1. The zero-order valence-electron chi connectivity index (χ0n) is 22.0. The molecule has 0 saturated carbocycles. The molecule has 0 radical (unpaired) electrons. The number of thiazole rings is 1. The van der Waals surface area contributed by atoms with Gasteiger partial charge in [0.15, 0.2) is 5.13 Å². The Labute approximate surface area is 239 Å². The fourth-order valence-electron chi connectivity index (χ4n) is 4.45. The van der Waals surface area contributed by atoms with Crippen molar-refractivity contribution in [1.29, 1.82) is 0 Å². The van der Waals surface area contributed by atoms with Crippen LogP contribution in [0.1, 0.15) is 22.3 Å². The largest absolute Gasteiger partial charge is 0.379 e. The van der Waals surface area contributed by atoms with E-state index in [2.05, 4.69) is 18.1 Å². The van der Waals surface area contributed by atoms with Gasteiger partial charge in [-0.3, -0.25) is 14.6 Å². The lowest BCUT2D eigenvalue weighted by Crippen LogP contribution is -2.39. The van der Waals surface area contributed by atoms with Crippen molar-refractivity contribution in [3.8, 4) is 0 Å². The number of fused-ring (bicyclic) bond motifs is 1. The first-order valence-electron chi connectivity index (χ1n) is 12.7. The molecule has 1 aliphatic rings. The van der Waals surface area contributed by atoms with Crippen LogP contribution < -0.4 is 4.90 Å². The van der Waals surface area contributed by atoms with Gasteiger partial charge in [-0.15, -0.1) is 13.2 Å². The summed E-state index contributed by atoms with van der Waals surface area (Å²) in [5, 5.41) is 1.21. The molecule has 8 nitrogen and oxygen atoms in total. The minimum Gasteiger partial charge on any atom is -0.379 e. The van der Waals surface area contributed by atoms with Gasteiger partial charge in [-0.05, 0) is 55.3 Å². The van der Waals surface area contributed by atoms with Gasteiger partial charge in [-0.2, -0.15) is 4.31 Å². The van der Waals surface area contributed by atoms with E-state index in [4.69, 9.17) is 21.3 Å². The quantitative estimate of drug-likeness (QED) is 0.277. The molecule has 1 fully saturated rings. The monoisotopic (exact) mass is 588 g/mol. The SMILES string of the molecule is C=CCN(CC=C)S(=O)(=O)c1ccc(C(=O)N(CCCN2CCOCC2)c2nc3c(C)cc(Cl)cc3s2)cc1. The van der Waals surface area contributed by atoms with Crippen LogP contribution in [0.25, 0.3) is 10.2 Å². The highest BCUT2D eigenvalue weighted by Crippen LogP contribution is 2.34. The third-order valence-corrected chi connectivity index (χ3v) is 9.57. The third kappa shape index (κ3) is 6.95. The summed E-state index contributed by atoms with van der Waals surface area (Å²) < 4.78 is 33.8. The van der Waals surface area contributed by atoms with E-state index in [1.165, 1.54) is 39.9 Å². The maximum absolute atomic E-state index is 13.8. The fraction of sp³-hybridized carbons (Fsp3) is 0.357. The smallest absolute Gasteiger partial charge is 0.260 e. The van der Waals surface area contributed by atoms with Crippen LogP contribution >= 0.6 is 22.9 Å². The Kier molecular flexibility index (Phi) is 9.92. The maximum Gasteiger partial charge on any atom is 0.260 e. The summed E-state index contributed by atoms with van der Waals surface area (Å²) in [5.74, 6) is -0.238. The number of rotatable bonds is 12. The highest BCUT2D eigenvalue weighted by Gasteiger charge is 2.25. The van der Waals surface area contributed by atoms with Gasteiger partial charge in [0, 0.05) is 49.9 Å². The molecular weight excluding hydrogens is 556 g/mol. The highest BCUT2D eigenvalue weighted by molar-refractivity contribution is 7.89. The number of sulfonamides is 1. The summed E-state index contributed by atoms with van der Waals surface area (Å²) in [6.45, 7) is 14.0. The Morgan fingerprint density at radius 2 is 1.82 bits per heavy atom. The second-order valence-corrected chi connectivity index (χ2v) is 12.6. The molecule has 208 valence electrons. The van der Waals surface area contributed by atoms with Crippen molar-refractivity contribution < 1.29 is 17.9 Å². The first-order chi connectivity index (χ1) is 18.7.